The molecule has 0 bridgehead atoms. The van der Waals surface area contributed by atoms with Gasteiger partial charge in [0.05, 0.1) is 11.4 Å². The second kappa shape index (κ2) is 15.5. The van der Waals surface area contributed by atoms with Crippen molar-refractivity contribution in [3.63, 3.8) is 0 Å². The van der Waals surface area contributed by atoms with E-state index in [1.165, 1.54) is 28.0 Å². The van der Waals surface area contributed by atoms with Crippen LogP contribution < -0.4 is 25.8 Å². The number of amides is 5. The molecule has 0 fully saturated rings. The van der Waals surface area contributed by atoms with E-state index < -0.39 is 60.0 Å². The zero-order chi connectivity index (χ0) is 35.8. The molecule has 3 N–H and O–H groups in total. The number of alkyl carbamates (subject to hydrolysis) is 1. The molecule has 0 aliphatic carbocycles. The van der Waals surface area contributed by atoms with Gasteiger partial charge in [0.2, 0.25) is 23.6 Å². The van der Waals surface area contributed by atoms with Crippen molar-refractivity contribution in [1.82, 2.24) is 10.6 Å². The molecule has 1 aliphatic heterocycles. The number of halogens is 1. The van der Waals surface area contributed by atoms with Crippen molar-refractivity contribution in [3.05, 3.63) is 120 Å². The predicted molar refractivity (Wildman–Crippen MR) is 187 cm³/mol. The number of rotatable bonds is 10. The largest absolute Gasteiger partial charge is 0.444 e. The quantitative estimate of drug-likeness (QED) is 0.181. The molecule has 0 aromatic heterocycles. The Bertz CT molecular complexity index is 1880. The van der Waals surface area contributed by atoms with Crippen molar-refractivity contribution < 1.29 is 33.1 Å². The minimum absolute atomic E-state index is 0.146. The first-order valence-corrected chi connectivity index (χ1v) is 16.0. The molecule has 11 nitrogen and oxygen atoms in total. The molecule has 1 unspecified atom stereocenters. The van der Waals surface area contributed by atoms with E-state index in [0.717, 1.165) is 5.56 Å². The maximum Gasteiger partial charge on any atom is 0.407 e. The number of benzene rings is 4. The summed E-state index contributed by atoms with van der Waals surface area (Å²) in [6.07, 6.45) is -1.13. The van der Waals surface area contributed by atoms with Gasteiger partial charge in [0.25, 0.3) is 0 Å². The Morgan fingerprint density at radius 3 is 2.06 bits per heavy atom. The SMILES string of the molecule is CC(C)(C)OC(=O)NCc1ccc(N2C(=O)C(CC(=O)NCc3ccccc3F)C(=O)N(CC(=O)Nc3ccccc3)c3ccccc32)cc1. The zero-order valence-electron chi connectivity index (χ0n) is 27.9. The summed E-state index contributed by atoms with van der Waals surface area (Å²) in [6.45, 7) is 4.87. The van der Waals surface area contributed by atoms with E-state index in [1.807, 2.05) is 0 Å². The van der Waals surface area contributed by atoms with Crippen LogP contribution in [0.25, 0.3) is 0 Å². The lowest BCUT2D eigenvalue weighted by Crippen LogP contribution is -2.45. The Morgan fingerprint density at radius 1 is 0.740 bits per heavy atom. The number of fused-ring (bicyclic) bond motifs is 1. The summed E-state index contributed by atoms with van der Waals surface area (Å²) in [6, 6.07) is 28.1. The molecule has 5 rings (SSSR count). The molecule has 1 atom stereocenters. The molecule has 4 aromatic carbocycles. The molecule has 0 radical (unpaired) electrons. The maximum atomic E-state index is 14.4. The fraction of sp³-hybridized carbons (Fsp3) is 0.237. The highest BCUT2D eigenvalue weighted by Gasteiger charge is 2.42. The Morgan fingerprint density at radius 2 is 1.38 bits per heavy atom. The second-order valence-corrected chi connectivity index (χ2v) is 12.6. The first-order chi connectivity index (χ1) is 23.9. The van der Waals surface area contributed by atoms with Crippen LogP contribution in [0.4, 0.5) is 31.9 Å². The van der Waals surface area contributed by atoms with Crippen molar-refractivity contribution in [3.8, 4) is 0 Å². The number of anilines is 4. The summed E-state index contributed by atoms with van der Waals surface area (Å²) in [7, 11) is 0. The minimum atomic E-state index is -1.53. The van der Waals surface area contributed by atoms with E-state index in [9.17, 15) is 28.4 Å². The molecule has 5 amide bonds. The lowest BCUT2D eigenvalue weighted by molar-refractivity contribution is -0.136. The van der Waals surface area contributed by atoms with Gasteiger partial charge in [-0.15, -0.1) is 0 Å². The Balaban J connectivity index is 1.45. The number of carbonyl (C=O) groups excluding carboxylic acids is 5. The Kier molecular flexibility index (Phi) is 10.9. The third-order valence-electron chi connectivity index (χ3n) is 7.71. The molecule has 0 spiro atoms. The van der Waals surface area contributed by atoms with Crippen LogP contribution in [0.1, 0.15) is 38.3 Å². The van der Waals surface area contributed by atoms with Crippen molar-refractivity contribution >= 4 is 52.5 Å². The van der Waals surface area contributed by atoms with Crippen LogP contribution in [-0.2, 0) is 37.0 Å². The molecule has 1 heterocycles. The Labute approximate surface area is 289 Å². The number of hydrogen-bond acceptors (Lipinski definition) is 6. The predicted octanol–water partition coefficient (Wildman–Crippen LogP) is 5.82. The summed E-state index contributed by atoms with van der Waals surface area (Å²) in [5, 5.41) is 8.07. The smallest absolute Gasteiger partial charge is 0.407 e. The fourth-order valence-electron chi connectivity index (χ4n) is 5.38. The molecular weight excluding hydrogens is 641 g/mol. The van der Waals surface area contributed by atoms with Gasteiger partial charge in [-0.2, -0.15) is 0 Å². The number of nitrogens with zero attached hydrogens (tertiary/aromatic N) is 2. The molecule has 258 valence electrons. The highest BCUT2D eigenvalue weighted by molar-refractivity contribution is 6.22. The van der Waals surface area contributed by atoms with Crippen molar-refractivity contribution in [2.24, 2.45) is 5.92 Å². The molecular formula is C38H38FN5O6. The lowest BCUT2D eigenvalue weighted by Gasteiger charge is -2.25. The first-order valence-electron chi connectivity index (χ1n) is 16.0. The maximum absolute atomic E-state index is 14.4. The highest BCUT2D eigenvalue weighted by atomic mass is 19.1. The average molecular weight is 680 g/mol. The number of para-hydroxylation sites is 3. The number of ether oxygens (including phenoxy) is 1. The van der Waals surface area contributed by atoms with Crippen LogP contribution in [0.5, 0.6) is 0 Å². The summed E-state index contributed by atoms with van der Waals surface area (Å²) < 4.78 is 19.5. The van der Waals surface area contributed by atoms with Crippen LogP contribution in [0.15, 0.2) is 103 Å². The third kappa shape index (κ3) is 8.90. The van der Waals surface area contributed by atoms with Crippen LogP contribution in [-0.4, -0.2) is 41.9 Å². The minimum Gasteiger partial charge on any atom is -0.444 e. The van der Waals surface area contributed by atoms with Gasteiger partial charge >= 0.3 is 6.09 Å². The monoisotopic (exact) mass is 679 g/mol. The van der Waals surface area contributed by atoms with Gasteiger partial charge < -0.3 is 25.6 Å². The van der Waals surface area contributed by atoms with Crippen LogP contribution >= 0.6 is 0 Å². The van der Waals surface area contributed by atoms with Gasteiger partial charge in [0.1, 0.15) is 23.9 Å². The molecule has 12 heteroatoms. The number of nitrogens with one attached hydrogen (secondary N) is 3. The van der Waals surface area contributed by atoms with Crippen LogP contribution in [0, 0.1) is 11.7 Å². The van der Waals surface area contributed by atoms with Crippen molar-refractivity contribution in [2.75, 3.05) is 21.7 Å². The van der Waals surface area contributed by atoms with Crippen LogP contribution in [0.3, 0.4) is 0 Å². The molecule has 0 saturated carbocycles. The van der Waals surface area contributed by atoms with Crippen LogP contribution in [0.2, 0.25) is 0 Å². The summed E-state index contributed by atoms with van der Waals surface area (Å²) in [5.74, 6) is -4.62. The first kappa shape index (κ1) is 35.3. The van der Waals surface area contributed by atoms with Gasteiger partial charge in [-0.25, -0.2) is 9.18 Å². The van der Waals surface area contributed by atoms with Gasteiger partial charge in [-0.1, -0.05) is 60.7 Å². The fourth-order valence-corrected chi connectivity index (χ4v) is 5.38. The zero-order valence-corrected chi connectivity index (χ0v) is 27.9. The van der Waals surface area contributed by atoms with Gasteiger partial charge in [0.15, 0.2) is 0 Å². The highest BCUT2D eigenvalue weighted by Crippen LogP contribution is 2.40. The summed E-state index contributed by atoms with van der Waals surface area (Å²) >= 11 is 0. The van der Waals surface area contributed by atoms with Crippen molar-refractivity contribution in [2.45, 2.75) is 45.9 Å². The van der Waals surface area contributed by atoms with E-state index in [0.29, 0.717) is 22.7 Å². The van der Waals surface area contributed by atoms with Gasteiger partial charge in [0, 0.05) is 36.4 Å². The molecule has 0 saturated heterocycles. The van der Waals surface area contributed by atoms with E-state index in [4.69, 9.17) is 4.74 Å². The summed E-state index contributed by atoms with van der Waals surface area (Å²) in [4.78, 5) is 69.9. The van der Waals surface area contributed by atoms with Gasteiger partial charge in [-0.05, 0) is 68.8 Å². The molecule has 4 aromatic rings. The lowest BCUT2D eigenvalue weighted by atomic mass is 10.0. The average Bonchev–Trinajstić information content (AvgIpc) is 3.16. The standard InChI is InChI=1S/C38H38FN5O6/c1-38(2,3)50-37(49)41-22-25-17-19-28(20-18-25)44-32-16-10-9-15-31(32)43(24-34(46)42-27-12-5-4-6-13-27)35(47)29(36(44)48)21-33(45)40-23-26-11-7-8-14-30(26)39/h4-20,29H,21-24H2,1-3H3,(H,40,45)(H,41,49)(H,42,46). The van der Waals surface area contributed by atoms with E-state index in [1.54, 1.807) is 106 Å². The molecule has 50 heavy (non-hydrogen) atoms. The second-order valence-electron chi connectivity index (χ2n) is 12.6. The van der Waals surface area contributed by atoms with E-state index in [-0.39, 0.29) is 18.7 Å². The van der Waals surface area contributed by atoms with Crippen molar-refractivity contribution in [1.29, 1.82) is 0 Å². The van der Waals surface area contributed by atoms with E-state index in [2.05, 4.69) is 16.0 Å². The topological polar surface area (TPSA) is 137 Å². The number of carbonyl (C=O) groups is 5. The number of hydrogen-bond donors (Lipinski definition) is 3. The van der Waals surface area contributed by atoms with Gasteiger partial charge in [-0.3, -0.25) is 24.1 Å². The Hall–Kier alpha value is -6.04. The summed E-state index contributed by atoms with van der Waals surface area (Å²) in [5.41, 5.74) is 1.84. The normalized spacial score (nSPS) is 14.4. The third-order valence-corrected chi connectivity index (χ3v) is 7.71. The molecule has 1 aliphatic rings. The van der Waals surface area contributed by atoms with E-state index >= 15 is 0 Å².